The second kappa shape index (κ2) is 8.70. The van der Waals surface area contributed by atoms with Crippen molar-refractivity contribution in [1.29, 1.82) is 0 Å². The molecule has 1 heterocycles. The van der Waals surface area contributed by atoms with Gasteiger partial charge in [-0.2, -0.15) is 0 Å². The minimum atomic E-state index is -1.30. The Kier molecular flexibility index (Phi) is 5.81. The number of nitrogens with one attached hydrogen (secondary N) is 1. The SMILES string of the molecule is O=C(O)CNC(=O)c1c(O)n(C2CCCCC2)c(=O)n(-c2cccc3ccccc23)c1=O. The molecule has 1 aliphatic carbocycles. The van der Waals surface area contributed by atoms with E-state index in [1.54, 1.807) is 24.3 Å². The highest BCUT2D eigenvalue weighted by atomic mass is 16.4. The summed E-state index contributed by atoms with van der Waals surface area (Å²) in [5, 5.41) is 23.3. The summed E-state index contributed by atoms with van der Waals surface area (Å²) in [6, 6.07) is 12.0. The quantitative estimate of drug-likeness (QED) is 0.561. The molecule has 0 spiro atoms. The van der Waals surface area contributed by atoms with Crippen LogP contribution in [0.15, 0.2) is 52.1 Å². The third-order valence-electron chi connectivity index (χ3n) is 5.84. The molecular weight excluding hydrogens is 414 g/mol. The molecule has 9 nitrogen and oxygen atoms in total. The van der Waals surface area contributed by atoms with Gasteiger partial charge in [-0.1, -0.05) is 55.7 Å². The Morgan fingerprint density at radius 2 is 1.69 bits per heavy atom. The predicted molar refractivity (Wildman–Crippen MR) is 118 cm³/mol. The number of rotatable bonds is 5. The van der Waals surface area contributed by atoms with Gasteiger partial charge in [0.05, 0.1) is 5.69 Å². The zero-order valence-electron chi connectivity index (χ0n) is 17.3. The zero-order chi connectivity index (χ0) is 22.8. The van der Waals surface area contributed by atoms with Crippen LogP contribution in [0.25, 0.3) is 16.5 Å². The molecule has 166 valence electrons. The van der Waals surface area contributed by atoms with E-state index in [1.807, 2.05) is 18.2 Å². The van der Waals surface area contributed by atoms with Crippen LogP contribution in [-0.2, 0) is 4.79 Å². The molecule has 0 radical (unpaired) electrons. The molecule has 32 heavy (non-hydrogen) atoms. The number of amides is 1. The molecule has 4 rings (SSSR count). The highest BCUT2D eigenvalue weighted by Crippen LogP contribution is 2.31. The van der Waals surface area contributed by atoms with Crippen LogP contribution in [0, 0.1) is 0 Å². The summed E-state index contributed by atoms with van der Waals surface area (Å²) in [5.74, 6) is -3.08. The molecule has 1 fully saturated rings. The van der Waals surface area contributed by atoms with Crippen LogP contribution in [-0.4, -0.2) is 37.8 Å². The van der Waals surface area contributed by atoms with Crippen molar-refractivity contribution in [1.82, 2.24) is 14.5 Å². The Bertz CT molecular complexity index is 1310. The van der Waals surface area contributed by atoms with Crippen LogP contribution < -0.4 is 16.6 Å². The molecule has 0 atom stereocenters. The van der Waals surface area contributed by atoms with E-state index in [0.29, 0.717) is 18.2 Å². The van der Waals surface area contributed by atoms with Crippen LogP contribution in [0.3, 0.4) is 0 Å². The van der Waals surface area contributed by atoms with Crippen LogP contribution >= 0.6 is 0 Å². The fourth-order valence-corrected chi connectivity index (χ4v) is 4.34. The van der Waals surface area contributed by atoms with E-state index in [1.165, 1.54) is 0 Å². The molecule has 3 N–H and O–H groups in total. The fraction of sp³-hybridized carbons (Fsp3) is 0.304. The summed E-state index contributed by atoms with van der Waals surface area (Å²) in [6.45, 7) is -0.728. The predicted octanol–water partition coefficient (Wildman–Crippen LogP) is 2.18. The summed E-state index contributed by atoms with van der Waals surface area (Å²) in [6.07, 6.45) is 3.95. The number of hydrogen-bond donors (Lipinski definition) is 3. The smallest absolute Gasteiger partial charge is 0.338 e. The second-order valence-corrected chi connectivity index (χ2v) is 7.86. The lowest BCUT2D eigenvalue weighted by Gasteiger charge is -2.26. The molecule has 2 aromatic carbocycles. The van der Waals surface area contributed by atoms with Gasteiger partial charge in [0, 0.05) is 11.4 Å². The maximum atomic E-state index is 13.5. The Hall–Kier alpha value is -3.88. The van der Waals surface area contributed by atoms with E-state index in [4.69, 9.17) is 5.11 Å². The first-order valence-corrected chi connectivity index (χ1v) is 10.5. The Balaban J connectivity index is 2.02. The number of fused-ring (bicyclic) bond motifs is 1. The highest BCUT2D eigenvalue weighted by molar-refractivity contribution is 5.97. The minimum Gasteiger partial charge on any atom is -0.494 e. The summed E-state index contributed by atoms with van der Waals surface area (Å²) < 4.78 is 2.00. The number of aliphatic carboxylic acids is 1. The maximum Gasteiger partial charge on any atom is 0.338 e. The lowest BCUT2D eigenvalue weighted by Crippen LogP contribution is -2.45. The van der Waals surface area contributed by atoms with Gasteiger partial charge in [0.1, 0.15) is 6.54 Å². The zero-order valence-corrected chi connectivity index (χ0v) is 17.3. The number of hydrogen-bond acceptors (Lipinski definition) is 5. The molecule has 1 saturated carbocycles. The largest absolute Gasteiger partial charge is 0.494 e. The van der Waals surface area contributed by atoms with Gasteiger partial charge in [0.25, 0.3) is 11.5 Å². The average molecular weight is 437 g/mol. The lowest BCUT2D eigenvalue weighted by atomic mass is 9.95. The van der Waals surface area contributed by atoms with Crippen LogP contribution in [0.2, 0.25) is 0 Å². The molecular formula is C23H23N3O6. The third kappa shape index (κ3) is 3.77. The summed E-state index contributed by atoms with van der Waals surface area (Å²) in [7, 11) is 0. The topological polar surface area (TPSA) is 131 Å². The average Bonchev–Trinajstić information content (AvgIpc) is 2.78. The van der Waals surface area contributed by atoms with Gasteiger partial charge in [0.2, 0.25) is 5.88 Å². The van der Waals surface area contributed by atoms with Gasteiger partial charge < -0.3 is 15.5 Å². The van der Waals surface area contributed by atoms with Gasteiger partial charge in [-0.15, -0.1) is 0 Å². The van der Waals surface area contributed by atoms with Gasteiger partial charge >= 0.3 is 11.7 Å². The molecule has 1 amide bonds. The first-order valence-electron chi connectivity index (χ1n) is 10.5. The number of carboxylic acid groups (broad SMARTS) is 1. The van der Waals surface area contributed by atoms with Crippen molar-refractivity contribution >= 4 is 22.6 Å². The fourth-order valence-electron chi connectivity index (χ4n) is 4.34. The molecule has 1 aromatic heterocycles. The molecule has 9 heteroatoms. The van der Waals surface area contributed by atoms with Crippen molar-refractivity contribution in [3.05, 3.63) is 68.9 Å². The summed E-state index contributed by atoms with van der Waals surface area (Å²) >= 11 is 0. The van der Waals surface area contributed by atoms with E-state index in [2.05, 4.69) is 5.32 Å². The first kappa shape index (κ1) is 21.4. The lowest BCUT2D eigenvalue weighted by molar-refractivity contribution is -0.135. The van der Waals surface area contributed by atoms with Crippen molar-refractivity contribution < 1.29 is 19.8 Å². The number of aromatic nitrogens is 2. The van der Waals surface area contributed by atoms with Crippen molar-refractivity contribution in [2.24, 2.45) is 0 Å². The van der Waals surface area contributed by atoms with Crippen LogP contribution in [0.4, 0.5) is 0 Å². The molecule has 3 aromatic rings. The van der Waals surface area contributed by atoms with E-state index >= 15 is 0 Å². The Morgan fingerprint density at radius 3 is 2.41 bits per heavy atom. The van der Waals surface area contributed by atoms with Gasteiger partial charge in [-0.3, -0.25) is 19.0 Å². The minimum absolute atomic E-state index is 0.287. The van der Waals surface area contributed by atoms with Crippen LogP contribution in [0.5, 0.6) is 5.88 Å². The number of nitrogens with zero attached hydrogens (tertiary/aromatic N) is 2. The summed E-state index contributed by atoms with van der Waals surface area (Å²) in [5.41, 5.74) is -2.09. The van der Waals surface area contributed by atoms with Crippen molar-refractivity contribution in [2.45, 2.75) is 38.1 Å². The van der Waals surface area contributed by atoms with Gasteiger partial charge in [-0.05, 0) is 24.3 Å². The van der Waals surface area contributed by atoms with Crippen LogP contribution in [0.1, 0.15) is 48.5 Å². The van der Waals surface area contributed by atoms with E-state index in [9.17, 15) is 24.3 Å². The molecule has 0 saturated heterocycles. The van der Waals surface area contributed by atoms with Gasteiger partial charge in [-0.25, -0.2) is 9.36 Å². The number of carbonyl (C=O) groups excluding carboxylic acids is 1. The number of carboxylic acids is 1. The van der Waals surface area contributed by atoms with E-state index < -0.39 is 41.1 Å². The molecule has 0 aliphatic heterocycles. The number of aromatic hydroxyl groups is 1. The van der Waals surface area contributed by atoms with Crippen molar-refractivity contribution in [3.8, 4) is 11.6 Å². The maximum absolute atomic E-state index is 13.5. The van der Waals surface area contributed by atoms with E-state index in [0.717, 1.165) is 33.8 Å². The standard InChI is InChI=1S/C23H23N3O6/c27-18(28)13-24-20(29)19-21(30)25(15-9-2-1-3-10-15)23(32)26(22(19)31)17-12-6-8-14-7-4-5-11-16(14)17/h4-8,11-12,15,30H,1-3,9-10,13H2,(H,24,29)(H,27,28). The van der Waals surface area contributed by atoms with E-state index in [-0.39, 0.29) is 11.7 Å². The summed E-state index contributed by atoms with van der Waals surface area (Å²) in [4.78, 5) is 50.5. The Labute approximate surface area is 182 Å². The van der Waals surface area contributed by atoms with Crippen molar-refractivity contribution in [2.75, 3.05) is 6.54 Å². The normalized spacial score (nSPS) is 14.4. The molecule has 0 bridgehead atoms. The number of benzene rings is 2. The Morgan fingerprint density at radius 1 is 1.00 bits per heavy atom. The molecule has 0 unspecified atom stereocenters. The number of carbonyl (C=O) groups is 2. The second-order valence-electron chi connectivity index (χ2n) is 7.86. The first-order chi connectivity index (χ1) is 15.4. The third-order valence-corrected chi connectivity index (χ3v) is 5.84. The molecule has 1 aliphatic rings. The monoisotopic (exact) mass is 437 g/mol. The van der Waals surface area contributed by atoms with Crippen molar-refractivity contribution in [3.63, 3.8) is 0 Å². The highest BCUT2D eigenvalue weighted by Gasteiger charge is 2.29. The van der Waals surface area contributed by atoms with Gasteiger partial charge in [0.15, 0.2) is 5.56 Å².